The van der Waals surface area contributed by atoms with Gasteiger partial charge in [0.2, 0.25) is 0 Å². The fraction of sp³-hybridized carbons (Fsp3) is 0.143. The summed E-state index contributed by atoms with van der Waals surface area (Å²) in [6.07, 6.45) is 2.60. The number of nitro groups is 1. The van der Waals surface area contributed by atoms with Gasteiger partial charge in [-0.15, -0.1) is 11.3 Å². The molecule has 152 valence electrons. The van der Waals surface area contributed by atoms with E-state index in [1.807, 2.05) is 42.8 Å². The number of H-pyrrole nitrogens is 1. The fourth-order valence-corrected chi connectivity index (χ4v) is 4.99. The number of carbonyl (C=O) groups is 1. The summed E-state index contributed by atoms with van der Waals surface area (Å²) in [4.78, 5) is 31.6. The average Bonchev–Trinajstić information content (AvgIpc) is 3.34. The predicted octanol–water partition coefficient (Wildman–Crippen LogP) is 4.96. The topological polar surface area (TPSA) is 101 Å². The Balaban J connectivity index is 1.44. The third-order valence-electron chi connectivity index (χ3n) is 4.57. The lowest BCUT2D eigenvalue weighted by molar-refractivity contribution is -0.387. The molecule has 0 fully saturated rings. The maximum atomic E-state index is 12.5. The maximum absolute atomic E-state index is 12.5. The van der Waals surface area contributed by atoms with Gasteiger partial charge in [-0.05, 0) is 37.1 Å². The molecule has 2 aromatic heterocycles. The quantitative estimate of drug-likeness (QED) is 0.314. The molecule has 1 amide bonds. The van der Waals surface area contributed by atoms with Crippen molar-refractivity contribution in [3.8, 4) is 0 Å². The largest absolute Gasteiger partial charge is 0.361 e. The Bertz CT molecular complexity index is 1230. The zero-order valence-electron chi connectivity index (χ0n) is 16.0. The first-order valence-electron chi connectivity index (χ1n) is 9.23. The molecule has 0 radical (unpaired) electrons. The molecule has 0 aliphatic rings. The van der Waals surface area contributed by atoms with Crippen molar-refractivity contribution in [3.05, 3.63) is 81.0 Å². The third kappa shape index (κ3) is 4.37. The maximum Gasteiger partial charge on any atom is 0.284 e. The highest BCUT2D eigenvalue weighted by Crippen LogP contribution is 2.36. The van der Waals surface area contributed by atoms with Gasteiger partial charge in [0, 0.05) is 46.3 Å². The molecule has 2 N–H and O–H groups in total. The molecule has 2 heterocycles. The fourth-order valence-electron chi connectivity index (χ4n) is 3.11. The zero-order chi connectivity index (χ0) is 21.1. The molecule has 0 atom stereocenters. The van der Waals surface area contributed by atoms with E-state index < -0.39 is 4.92 Å². The van der Waals surface area contributed by atoms with Gasteiger partial charge in [0.05, 0.1) is 9.82 Å². The highest BCUT2D eigenvalue weighted by Gasteiger charge is 2.19. The number of benzene rings is 2. The molecular weight excluding hydrogens is 420 g/mol. The lowest BCUT2D eigenvalue weighted by Gasteiger charge is -2.07. The van der Waals surface area contributed by atoms with Crippen LogP contribution in [-0.4, -0.2) is 27.3 Å². The van der Waals surface area contributed by atoms with Crippen molar-refractivity contribution in [2.75, 3.05) is 6.54 Å². The summed E-state index contributed by atoms with van der Waals surface area (Å²) >= 11 is 2.66. The summed E-state index contributed by atoms with van der Waals surface area (Å²) in [6.45, 7) is 2.31. The Morgan fingerprint density at radius 2 is 2.13 bits per heavy atom. The van der Waals surface area contributed by atoms with Crippen LogP contribution in [0.15, 0.2) is 63.3 Å². The summed E-state index contributed by atoms with van der Waals surface area (Å²) in [5.41, 5.74) is 3.20. The second kappa shape index (κ2) is 8.68. The number of carbonyl (C=O) groups excluding carboxylic acids is 1. The second-order valence-electron chi connectivity index (χ2n) is 6.66. The molecule has 0 saturated carbocycles. The molecular formula is C21H18N4O3S2. The number of nitrogens with zero attached hydrogens (tertiary/aromatic N) is 2. The first kappa shape index (κ1) is 20.1. The normalized spacial score (nSPS) is 11.0. The molecule has 30 heavy (non-hydrogen) atoms. The van der Waals surface area contributed by atoms with E-state index in [-0.39, 0.29) is 17.2 Å². The van der Waals surface area contributed by atoms with E-state index in [2.05, 4.69) is 15.3 Å². The molecule has 0 saturated heterocycles. The Hall–Kier alpha value is -3.17. The highest BCUT2D eigenvalue weighted by molar-refractivity contribution is 8.01. The molecule has 0 aliphatic carbocycles. The van der Waals surface area contributed by atoms with E-state index in [0.29, 0.717) is 17.9 Å². The minimum Gasteiger partial charge on any atom is -0.361 e. The molecule has 0 spiro atoms. The van der Waals surface area contributed by atoms with Crippen LogP contribution in [0.5, 0.6) is 0 Å². The number of nitrogens with one attached hydrogen (secondary N) is 2. The number of aryl methyl sites for hydroxylation is 1. The molecule has 0 aliphatic heterocycles. The van der Waals surface area contributed by atoms with Crippen LogP contribution in [0.2, 0.25) is 0 Å². The lowest BCUT2D eigenvalue weighted by atomic mass is 10.1. The molecule has 0 unspecified atom stereocenters. The van der Waals surface area contributed by atoms with Crippen molar-refractivity contribution in [2.45, 2.75) is 22.6 Å². The monoisotopic (exact) mass is 438 g/mol. The summed E-state index contributed by atoms with van der Waals surface area (Å²) < 4.78 is 0.728. The van der Waals surface area contributed by atoms with Gasteiger partial charge in [-0.3, -0.25) is 14.9 Å². The van der Waals surface area contributed by atoms with Crippen molar-refractivity contribution in [3.63, 3.8) is 0 Å². The van der Waals surface area contributed by atoms with Gasteiger partial charge in [-0.2, -0.15) is 0 Å². The van der Waals surface area contributed by atoms with Crippen LogP contribution < -0.4 is 5.32 Å². The van der Waals surface area contributed by atoms with E-state index in [4.69, 9.17) is 0 Å². The molecule has 2 aromatic carbocycles. The summed E-state index contributed by atoms with van der Waals surface area (Å²) in [5.74, 6) is -0.334. The standard InChI is InChI=1S/C21H18N4O3S2/c1-13-12-29-21(24-13)30-19-7-6-14(10-18(19)25(27)28)20(26)22-9-8-15-11-23-17-5-3-2-4-16(15)17/h2-7,10-12,23H,8-9H2,1H3,(H,22,26). The van der Waals surface area contributed by atoms with Crippen molar-refractivity contribution >= 4 is 45.6 Å². The van der Waals surface area contributed by atoms with Crippen LogP contribution in [-0.2, 0) is 6.42 Å². The Morgan fingerprint density at radius 1 is 1.30 bits per heavy atom. The third-order valence-corrected chi connectivity index (χ3v) is 6.69. The van der Waals surface area contributed by atoms with E-state index in [0.717, 1.165) is 26.5 Å². The summed E-state index contributed by atoms with van der Waals surface area (Å²) in [5, 5.41) is 17.4. The smallest absolute Gasteiger partial charge is 0.284 e. The number of hydrogen-bond acceptors (Lipinski definition) is 6. The van der Waals surface area contributed by atoms with E-state index in [1.54, 1.807) is 12.1 Å². The number of fused-ring (bicyclic) bond motifs is 1. The summed E-state index contributed by atoms with van der Waals surface area (Å²) in [7, 11) is 0. The number of para-hydroxylation sites is 1. The van der Waals surface area contributed by atoms with E-state index >= 15 is 0 Å². The zero-order valence-corrected chi connectivity index (χ0v) is 17.7. The minimum absolute atomic E-state index is 0.0999. The Kier molecular flexibility index (Phi) is 5.82. The highest BCUT2D eigenvalue weighted by atomic mass is 32.2. The Morgan fingerprint density at radius 3 is 2.90 bits per heavy atom. The number of hydrogen-bond donors (Lipinski definition) is 2. The van der Waals surface area contributed by atoms with Crippen LogP contribution in [0.3, 0.4) is 0 Å². The molecule has 0 bridgehead atoms. The predicted molar refractivity (Wildman–Crippen MR) is 118 cm³/mol. The molecule has 7 nitrogen and oxygen atoms in total. The second-order valence-corrected chi connectivity index (χ2v) is 8.81. The van der Waals surface area contributed by atoms with Gasteiger partial charge in [-0.1, -0.05) is 30.0 Å². The van der Waals surface area contributed by atoms with Gasteiger partial charge in [0.15, 0.2) is 4.34 Å². The van der Waals surface area contributed by atoms with Crippen molar-refractivity contribution in [1.82, 2.24) is 15.3 Å². The van der Waals surface area contributed by atoms with E-state index in [1.165, 1.54) is 29.2 Å². The SMILES string of the molecule is Cc1csc(Sc2ccc(C(=O)NCCc3c[nH]c4ccccc34)cc2[N+](=O)[O-])n1. The van der Waals surface area contributed by atoms with Crippen molar-refractivity contribution in [1.29, 1.82) is 0 Å². The molecule has 9 heteroatoms. The van der Waals surface area contributed by atoms with Crippen LogP contribution >= 0.6 is 23.1 Å². The van der Waals surface area contributed by atoms with Crippen LogP contribution in [0.25, 0.3) is 10.9 Å². The number of aromatic nitrogens is 2. The first-order valence-corrected chi connectivity index (χ1v) is 10.9. The first-order chi connectivity index (χ1) is 14.5. The van der Waals surface area contributed by atoms with Gasteiger partial charge >= 0.3 is 0 Å². The van der Waals surface area contributed by atoms with Gasteiger partial charge in [0.25, 0.3) is 11.6 Å². The van der Waals surface area contributed by atoms with Crippen LogP contribution in [0, 0.1) is 17.0 Å². The van der Waals surface area contributed by atoms with E-state index in [9.17, 15) is 14.9 Å². The molecule has 4 aromatic rings. The van der Waals surface area contributed by atoms with Crippen LogP contribution in [0.4, 0.5) is 5.69 Å². The number of thiazole rings is 1. The number of amides is 1. The van der Waals surface area contributed by atoms with Gasteiger partial charge in [-0.25, -0.2) is 4.98 Å². The van der Waals surface area contributed by atoms with Gasteiger partial charge in [0.1, 0.15) is 0 Å². The van der Waals surface area contributed by atoms with Crippen molar-refractivity contribution in [2.24, 2.45) is 0 Å². The number of rotatable bonds is 7. The number of nitro benzene ring substituents is 1. The van der Waals surface area contributed by atoms with Crippen molar-refractivity contribution < 1.29 is 9.72 Å². The lowest BCUT2D eigenvalue weighted by Crippen LogP contribution is -2.25. The molecule has 4 rings (SSSR count). The number of aromatic amines is 1. The average molecular weight is 439 g/mol. The summed E-state index contributed by atoms with van der Waals surface area (Å²) in [6, 6.07) is 12.5. The minimum atomic E-state index is -0.467. The van der Waals surface area contributed by atoms with Gasteiger partial charge < -0.3 is 10.3 Å². The Labute approximate surface area is 180 Å². The van der Waals surface area contributed by atoms with Crippen LogP contribution in [0.1, 0.15) is 21.6 Å².